The molecule has 0 aliphatic rings. The van der Waals surface area contributed by atoms with E-state index in [2.05, 4.69) is 5.32 Å². The number of carbonyl (C=O) groups is 1. The Hall–Kier alpha value is -2.53. The van der Waals surface area contributed by atoms with Crippen LogP contribution in [0.3, 0.4) is 0 Å². The number of rotatable bonds is 10. The summed E-state index contributed by atoms with van der Waals surface area (Å²) in [5, 5.41) is 2.89. The zero-order valence-corrected chi connectivity index (χ0v) is 15.7. The first-order chi connectivity index (χ1) is 12.6. The van der Waals surface area contributed by atoms with Gasteiger partial charge < -0.3 is 19.5 Å². The quantitative estimate of drug-likeness (QED) is 0.657. The molecule has 2 rings (SSSR count). The molecule has 0 aliphatic carbocycles. The molecule has 5 heteroatoms. The summed E-state index contributed by atoms with van der Waals surface area (Å²) < 4.78 is 16.6. The molecule has 0 unspecified atom stereocenters. The lowest BCUT2D eigenvalue weighted by Crippen LogP contribution is -2.25. The van der Waals surface area contributed by atoms with Crippen LogP contribution < -0.4 is 14.8 Å². The zero-order chi connectivity index (χ0) is 18.8. The minimum absolute atomic E-state index is 0.0412. The van der Waals surface area contributed by atoms with Crippen LogP contribution in [-0.4, -0.2) is 32.3 Å². The Bertz CT molecular complexity index is 686. The minimum Gasteiger partial charge on any atom is -0.493 e. The van der Waals surface area contributed by atoms with E-state index in [1.807, 2.05) is 44.2 Å². The second-order valence-corrected chi connectivity index (χ2v) is 6.18. The van der Waals surface area contributed by atoms with Gasteiger partial charge in [0, 0.05) is 18.7 Å². The fourth-order valence-corrected chi connectivity index (χ4v) is 2.40. The molecule has 0 fully saturated rings. The molecule has 0 radical (unpaired) electrons. The molecule has 140 valence electrons. The van der Waals surface area contributed by atoms with Gasteiger partial charge in [0.05, 0.1) is 19.8 Å². The van der Waals surface area contributed by atoms with Gasteiger partial charge in [0.25, 0.3) is 5.91 Å². The second-order valence-electron chi connectivity index (χ2n) is 6.18. The van der Waals surface area contributed by atoms with Crippen LogP contribution in [0, 0.1) is 0 Å². The molecule has 0 atom stereocenters. The van der Waals surface area contributed by atoms with Crippen molar-refractivity contribution in [1.82, 2.24) is 5.32 Å². The van der Waals surface area contributed by atoms with Gasteiger partial charge in [-0.3, -0.25) is 4.79 Å². The summed E-state index contributed by atoms with van der Waals surface area (Å²) in [5.74, 6) is 1.05. The van der Waals surface area contributed by atoms with Crippen molar-refractivity contribution in [2.45, 2.75) is 33.0 Å². The van der Waals surface area contributed by atoms with Gasteiger partial charge >= 0.3 is 0 Å². The molecule has 2 aromatic rings. The smallest absolute Gasteiger partial charge is 0.251 e. The van der Waals surface area contributed by atoms with Crippen molar-refractivity contribution in [2.24, 2.45) is 0 Å². The highest BCUT2D eigenvalue weighted by molar-refractivity contribution is 5.94. The van der Waals surface area contributed by atoms with Crippen molar-refractivity contribution >= 4 is 5.91 Å². The van der Waals surface area contributed by atoms with E-state index in [0.29, 0.717) is 36.8 Å². The van der Waals surface area contributed by atoms with Crippen molar-refractivity contribution in [1.29, 1.82) is 0 Å². The number of hydrogen-bond donors (Lipinski definition) is 1. The van der Waals surface area contributed by atoms with E-state index in [0.717, 1.165) is 12.0 Å². The second kappa shape index (κ2) is 10.5. The molecule has 0 aromatic heterocycles. The maximum atomic E-state index is 12.3. The van der Waals surface area contributed by atoms with E-state index >= 15 is 0 Å². The Morgan fingerprint density at radius 1 is 1.08 bits per heavy atom. The van der Waals surface area contributed by atoms with Crippen LogP contribution in [0.2, 0.25) is 0 Å². The highest BCUT2D eigenvalue weighted by Crippen LogP contribution is 2.28. The van der Waals surface area contributed by atoms with Gasteiger partial charge in [-0.1, -0.05) is 30.3 Å². The van der Waals surface area contributed by atoms with Crippen LogP contribution in [0.4, 0.5) is 0 Å². The monoisotopic (exact) mass is 357 g/mol. The largest absolute Gasteiger partial charge is 0.493 e. The van der Waals surface area contributed by atoms with Crippen molar-refractivity contribution in [3.8, 4) is 11.5 Å². The molecular formula is C21H27NO4. The summed E-state index contributed by atoms with van der Waals surface area (Å²) in [5.41, 5.74) is 1.69. The first-order valence-electron chi connectivity index (χ1n) is 8.84. The fourth-order valence-electron chi connectivity index (χ4n) is 2.40. The van der Waals surface area contributed by atoms with E-state index in [9.17, 15) is 4.79 Å². The van der Waals surface area contributed by atoms with Gasteiger partial charge in [-0.15, -0.1) is 0 Å². The number of benzene rings is 2. The van der Waals surface area contributed by atoms with Crippen LogP contribution >= 0.6 is 0 Å². The summed E-state index contributed by atoms with van der Waals surface area (Å²) in [4.78, 5) is 12.3. The van der Waals surface area contributed by atoms with Crippen molar-refractivity contribution in [3.63, 3.8) is 0 Å². The molecule has 1 N–H and O–H groups in total. The summed E-state index contributed by atoms with van der Waals surface area (Å²) in [6, 6.07) is 15.2. The third kappa shape index (κ3) is 6.41. The topological polar surface area (TPSA) is 56.8 Å². The van der Waals surface area contributed by atoms with Crippen LogP contribution in [0.5, 0.6) is 11.5 Å². The number of amides is 1. The lowest BCUT2D eigenvalue weighted by atomic mass is 10.2. The number of ether oxygens (including phenoxy) is 3. The van der Waals surface area contributed by atoms with Crippen LogP contribution in [0.1, 0.15) is 36.2 Å². The number of carbonyl (C=O) groups excluding carboxylic acids is 1. The van der Waals surface area contributed by atoms with Gasteiger partial charge in [-0.2, -0.15) is 0 Å². The Balaban J connectivity index is 1.73. The number of nitrogens with one attached hydrogen (secondary N) is 1. The molecule has 0 saturated heterocycles. The predicted molar refractivity (Wildman–Crippen MR) is 102 cm³/mol. The molecule has 1 amide bonds. The van der Waals surface area contributed by atoms with Gasteiger partial charge in [0.15, 0.2) is 11.5 Å². The molecule has 26 heavy (non-hydrogen) atoms. The Labute approximate surface area is 155 Å². The summed E-state index contributed by atoms with van der Waals surface area (Å²) in [6.45, 7) is 5.63. The highest BCUT2D eigenvalue weighted by atomic mass is 16.5. The maximum Gasteiger partial charge on any atom is 0.251 e. The maximum absolute atomic E-state index is 12.3. The van der Waals surface area contributed by atoms with E-state index in [1.165, 1.54) is 0 Å². The third-order valence-electron chi connectivity index (χ3n) is 3.65. The average Bonchev–Trinajstić information content (AvgIpc) is 2.65. The Kier molecular flexibility index (Phi) is 7.96. The lowest BCUT2D eigenvalue weighted by molar-refractivity contribution is 0.0934. The van der Waals surface area contributed by atoms with Crippen molar-refractivity contribution in [3.05, 3.63) is 59.7 Å². The predicted octanol–water partition coefficient (Wildman–Crippen LogP) is 3.82. The first kappa shape index (κ1) is 19.8. The third-order valence-corrected chi connectivity index (χ3v) is 3.65. The number of methoxy groups -OCH3 is 1. The molecule has 0 aliphatic heterocycles. The molecule has 5 nitrogen and oxygen atoms in total. The first-order valence-corrected chi connectivity index (χ1v) is 8.84. The number of hydrogen-bond acceptors (Lipinski definition) is 4. The molecule has 0 heterocycles. The molecule has 2 aromatic carbocycles. The van der Waals surface area contributed by atoms with Crippen LogP contribution in [0.15, 0.2) is 48.5 Å². The van der Waals surface area contributed by atoms with Crippen LogP contribution in [0.25, 0.3) is 0 Å². The minimum atomic E-state index is -0.137. The van der Waals surface area contributed by atoms with Crippen molar-refractivity contribution < 1.29 is 19.0 Å². The SMILES string of the molecule is COc1cc(C(=O)NCCCOCc2ccccc2)ccc1OC(C)C. The standard InChI is InChI=1S/C21H27NO4/c1-16(2)26-19-11-10-18(14-20(19)24-3)21(23)22-12-7-13-25-15-17-8-5-4-6-9-17/h4-6,8-11,14,16H,7,12-13,15H2,1-3H3,(H,22,23). The normalized spacial score (nSPS) is 10.6. The highest BCUT2D eigenvalue weighted by Gasteiger charge is 2.11. The van der Waals surface area contributed by atoms with Gasteiger partial charge in [-0.05, 0) is 44.0 Å². The Morgan fingerprint density at radius 3 is 2.54 bits per heavy atom. The Morgan fingerprint density at radius 2 is 1.85 bits per heavy atom. The molecule has 0 saturated carbocycles. The van der Waals surface area contributed by atoms with Gasteiger partial charge in [0.2, 0.25) is 0 Å². The summed E-state index contributed by atoms with van der Waals surface area (Å²) in [7, 11) is 1.56. The molecule has 0 spiro atoms. The van der Waals surface area contributed by atoms with Crippen LogP contribution in [-0.2, 0) is 11.3 Å². The molecular weight excluding hydrogens is 330 g/mol. The van der Waals surface area contributed by atoms with Gasteiger partial charge in [0.1, 0.15) is 0 Å². The molecule has 0 bridgehead atoms. The van der Waals surface area contributed by atoms with E-state index < -0.39 is 0 Å². The summed E-state index contributed by atoms with van der Waals surface area (Å²) >= 11 is 0. The lowest BCUT2D eigenvalue weighted by Gasteiger charge is -2.14. The average molecular weight is 357 g/mol. The van der Waals surface area contributed by atoms with E-state index in [1.54, 1.807) is 25.3 Å². The van der Waals surface area contributed by atoms with Crippen molar-refractivity contribution in [2.75, 3.05) is 20.3 Å². The van der Waals surface area contributed by atoms with Gasteiger partial charge in [-0.25, -0.2) is 0 Å². The van der Waals surface area contributed by atoms with E-state index in [4.69, 9.17) is 14.2 Å². The van der Waals surface area contributed by atoms with E-state index in [-0.39, 0.29) is 12.0 Å². The fraction of sp³-hybridized carbons (Fsp3) is 0.381. The zero-order valence-electron chi connectivity index (χ0n) is 15.7. The summed E-state index contributed by atoms with van der Waals surface area (Å²) in [6.07, 6.45) is 0.795.